The Labute approximate surface area is 96.8 Å². The van der Waals surface area contributed by atoms with Gasteiger partial charge in [0.15, 0.2) is 0 Å². The molecule has 0 radical (unpaired) electrons. The Hall–Kier alpha value is -1.03. The molecule has 0 bridgehead atoms. The van der Waals surface area contributed by atoms with Gasteiger partial charge in [-0.15, -0.1) is 0 Å². The average Bonchev–Trinajstić information content (AvgIpc) is 2.86. The van der Waals surface area contributed by atoms with E-state index >= 15 is 0 Å². The van der Waals surface area contributed by atoms with Crippen molar-refractivity contribution in [1.29, 1.82) is 0 Å². The van der Waals surface area contributed by atoms with Crippen molar-refractivity contribution in [1.82, 2.24) is 0 Å². The van der Waals surface area contributed by atoms with E-state index in [-0.39, 0.29) is 20.4 Å². The zero-order valence-corrected chi connectivity index (χ0v) is 10.4. The molecule has 2 aromatic rings. The van der Waals surface area contributed by atoms with Crippen LogP contribution >= 0.6 is 0 Å². The first-order valence-electron chi connectivity index (χ1n) is 5.04. The quantitative estimate of drug-likeness (QED) is 0.543. The molecule has 4 rings (SSSR count). The van der Waals surface area contributed by atoms with Crippen LogP contribution in [0.1, 0.15) is 11.1 Å². The summed E-state index contributed by atoms with van der Waals surface area (Å²) in [4.78, 5) is 0. The summed E-state index contributed by atoms with van der Waals surface area (Å²) in [6.45, 7) is 0. The third kappa shape index (κ3) is 1.03. The Morgan fingerprint density at radius 3 is 3.00 bits per heavy atom. The fourth-order valence-corrected chi connectivity index (χ4v) is 4.77. The van der Waals surface area contributed by atoms with Crippen molar-refractivity contribution in [2.24, 2.45) is 0 Å². The molecule has 0 atom stereocenters. The van der Waals surface area contributed by atoms with Gasteiger partial charge >= 0.3 is 97.0 Å². The van der Waals surface area contributed by atoms with Crippen LogP contribution in [0.5, 0.6) is 0 Å². The van der Waals surface area contributed by atoms with E-state index in [1.54, 1.807) is 3.23 Å². The van der Waals surface area contributed by atoms with Crippen LogP contribution in [0.2, 0.25) is 0 Å². The molecule has 1 heterocycles. The van der Waals surface area contributed by atoms with Gasteiger partial charge in [0, 0.05) is 0 Å². The summed E-state index contributed by atoms with van der Waals surface area (Å²) in [7, 11) is 0. The van der Waals surface area contributed by atoms with E-state index < -0.39 is 0 Å². The zero-order valence-electron chi connectivity index (χ0n) is 8.03. The predicted molar refractivity (Wildman–Crippen MR) is 63.8 cm³/mol. The molecule has 2 aliphatic rings. The first kappa shape index (κ1) is 8.16. The molecule has 0 N–H and O–H groups in total. The Bertz CT molecular complexity index is 804. The molecule has 0 aliphatic heterocycles. The van der Waals surface area contributed by atoms with Crippen LogP contribution in [0, 0.1) is 10.4 Å². The second-order valence-corrected chi connectivity index (χ2v) is 6.64. The molecule has 0 saturated carbocycles. The molecule has 70 valence electrons. The van der Waals surface area contributed by atoms with Crippen molar-refractivity contribution < 1.29 is 0 Å². The number of fused-ring (bicyclic) bond motifs is 3. The van der Waals surface area contributed by atoms with Gasteiger partial charge in [0.25, 0.3) is 0 Å². The second kappa shape index (κ2) is 2.76. The summed E-state index contributed by atoms with van der Waals surface area (Å²) in [5.41, 5.74) is 2.80. The molecule has 15 heavy (non-hydrogen) atoms. The standard InChI is InChI=1S/C14H8Te/c1-2-9-6-11-8-14-12(4-5-15-14)13(11)7-10(9)3-1/h1-8H. The van der Waals surface area contributed by atoms with Crippen LogP contribution in [-0.2, 0) is 0 Å². The Balaban J connectivity index is 2.34. The summed E-state index contributed by atoms with van der Waals surface area (Å²) in [5.74, 6) is 0. The average molecular weight is 304 g/mol. The van der Waals surface area contributed by atoms with Gasteiger partial charge in [-0.1, -0.05) is 0 Å². The third-order valence-electron chi connectivity index (χ3n) is 3.08. The minimum atomic E-state index is -0.0128. The third-order valence-corrected chi connectivity index (χ3v) is 5.54. The van der Waals surface area contributed by atoms with Crippen LogP contribution < -0.4 is 8.45 Å². The topological polar surface area (TPSA) is 0 Å². The van der Waals surface area contributed by atoms with Gasteiger partial charge in [-0.2, -0.15) is 0 Å². The van der Waals surface area contributed by atoms with Crippen molar-refractivity contribution >= 4 is 38.7 Å². The molecule has 0 nitrogen and oxygen atoms in total. The molecular formula is C14H8Te. The second-order valence-electron chi connectivity index (χ2n) is 3.94. The van der Waals surface area contributed by atoms with Gasteiger partial charge in [-0.25, -0.2) is 0 Å². The Morgan fingerprint density at radius 1 is 1.00 bits per heavy atom. The van der Waals surface area contributed by atoms with Crippen molar-refractivity contribution in [2.75, 3.05) is 0 Å². The molecule has 0 amide bonds. The molecule has 1 aromatic heterocycles. The normalized spacial score (nSPS) is 14.1. The van der Waals surface area contributed by atoms with Crippen LogP contribution in [0.4, 0.5) is 0 Å². The van der Waals surface area contributed by atoms with E-state index in [9.17, 15) is 0 Å². The van der Waals surface area contributed by atoms with Gasteiger partial charge in [-0.3, -0.25) is 0 Å². The molecule has 0 saturated heterocycles. The Morgan fingerprint density at radius 2 is 2.00 bits per heavy atom. The summed E-state index contributed by atoms with van der Waals surface area (Å²) in [6, 6.07) is 6.98. The number of hydrogen-bond donors (Lipinski definition) is 0. The Kier molecular flexibility index (Phi) is 1.50. The maximum absolute atomic E-state index is 2.39. The minimum absolute atomic E-state index is 0.0128. The molecular weight excluding hydrogens is 296 g/mol. The van der Waals surface area contributed by atoms with Gasteiger partial charge in [-0.05, 0) is 0 Å². The SMILES string of the molecule is C1=Cc2cc3c(cc2=C1)C=c1[te]ccc1=3. The summed E-state index contributed by atoms with van der Waals surface area (Å²) in [6.07, 6.45) is 8.91. The van der Waals surface area contributed by atoms with Crippen molar-refractivity contribution in [3.8, 4) is 0 Å². The monoisotopic (exact) mass is 306 g/mol. The van der Waals surface area contributed by atoms with Gasteiger partial charge in [0.05, 0.1) is 0 Å². The number of allylic oxidation sites excluding steroid dienone is 1. The van der Waals surface area contributed by atoms with E-state index in [0.717, 1.165) is 0 Å². The predicted octanol–water partition coefficient (Wildman–Crippen LogP) is 0.980. The van der Waals surface area contributed by atoms with E-state index in [1.807, 2.05) is 0 Å². The molecule has 2 aliphatic carbocycles. The van der Waals surface area contributed by atoms with Crippen LogP contribution in [-0.4, -0.2) is 20.4 Å². The van der Waals surface area contributed by atoms with Gasteiger partial charge < -0.3 is 0 Å². The van der Waals surface area contributed by atoms with Crippen LogP contribution in [0.3, 0.4) is 0 Å². The molecule has 1 aromatic carbocycles. The van der Waals surface area contributed by atoms with Crippen molar-refractivity contribution in [3.63, 3.8) is 0 Å². The first-order chi connectivity index (χ1) is 7.42. The summed E-state index contributed by atoms with van der Waals surface area (Å²) < 4.78 is 3.99. The van der Waals surface area contributed by atoms with E-state index in [2.05, 4.69) is 46.6 Å². The molecule has 1 heteroatoms. The fourth-order valence-electron chi connectivity index (χ4n) is 2.34. The number of hydrogen-bond acceptors (Lipinski definition) is 0. The van der Waals surface area contributed by atoms with E-state index in [4.69, 9.17) is 0 Å². The van der Waals surface area contributed by atoms with Crippen LogP contribution in [0.25, 0.3) is 18.2 Å². The maximum atomic E-state index is 2.39. The van der Waals surface area contributed by atoms with Gasteiger partial charge in [0.2, 0.25) is 0 Å². The van der Waals surface area contributed by atoms with Crippen molar-refractivity contribution in [2.45, 2.75) is 0 Å². The fraction of sp³-hybridized carbons (Fsp3) is 0. The van der Waals surface area contributed by atoms with Crippen LogP contribution in [0.15, 0.2) is 28.4 Å². The van der Waals surface area contributed by atoms with Crippen molar-refractivity contribution in [3.05, 3.63) is 58.4 Å². The number of rotatable bonds is 0. The molecule has 0 spiro atoms. The number of benzene rings is 1. The van der Waals surface area contributed by atoms with E-state index in [1.165, 1.54) is 26.8 Å². The molecule has 0 unspecified atom stereocenters. The van der Waals surface area contributed by atoms with Gasteiger partial charge in [0.1, 0.15) is 0 Å². The summed E-state index contributed by atoms with van der Waals surface area (Å²) >= 11 is -0.0128. The van der Waals surface area contributed by atoms with E-state index in [0.29, 0.717) is 0 Å². The zero-order chi connectivity index (χ0) is 9.83. The summed E-state index contributed by atoms with van der Waals surface area (Å²) in [5, 5.41) is 4.31. The molecule has 0 fully saturated rings. The first-order valence-corrected chi connectivity index (χ1v) is 7.55.